The molecule has 3 heteroatoms. The molecule has 0 aliphatic rings. The fourth-order valence-corrected chi connectivity index (χ4v) is 11.6. The summed E-state index contributed by atoms with van der Waals surface area (Å²) in [5.74, 6) is 0. The van der Waals surface area contributed by atoms with E-state index >= 15 is 0 Å². The number of para-hydroxylation sites is 3. The third kappa shape index (κ3) is 6.18. The predicted molar refractivity (Wildman–Crippen MR) is 261 cm³/mol. The van der Waals surface area contributed by atoms with Crippen LogP contribution in [0.1, 0.15) is 0 Å². The average molecular weight is 842 g/mol. The van der Waals surface area contributed by atoms with Gasteiger partial charge in [0.25, 0.3) is 0 Å². The molecule has 2 aromatic heterocycles. The van der Waals surface area contributed by atoms with Crippen molar-refractivity contribution in [1.29, 1.82) is 0 Å². The first-order valence-corrected chi connectivity index (χ1v) is 22.5. The third-order valence-electron chi connectivity index (χ3n) is 12.2. The summed E-state index contributed by atoms with van der Waals surface area (Å²) in [7, 11) is 0. The summed E-state index contributed by atoms with van der Waals surface area (Å²) in [5.41, 5.74) is 14.1. The van der Waals surface area contributed by atoms with Gasteiger partial charge in [0.2, 0.25) is 0 Å². The molecule has 61 heavy (non-hydrogen) atoms. The number of hydrogen-bond donors (Lipinski definition) is 0. The maximum Gasteiger partial charge on any atom is 0.0547 e. The van der Waals surface area contributed by atoms with Crippen LogP contribution in [-0.2, 0) is 0 Å². The molecule has 0 bridgehead atoms. The molecule has 12 rings (SSSR count). The van der Waals surface area contributed by atoms with Gasteiger partial charge in [0.1, 0.15) is 0 Å². The van der Waals surface area contributed by atoms with Crippen LogP contribution in [0.15, 0.2) is 231 Å². The summed E-state index contributed by atoms with van der Waals surface area (Å²) in [5, 5.41) is 7.77. The molecule has 12 aromatic rings. The fourth-order valence-electron chi connectivity index (χ4n) is 9.21. The Labute approximate surface area is 360 Å². The Hall–Kier alpha value is -7.42. The van der Waals surface area contributed by atoms with E-state index in [0.717, 1.165) is 22.7 Å². The minimum Gasteiger partial charge on any atom is -0.0602 e. The average Bonchev–Trinajstić information content (AvgIpc) is 3.87. The molecule has 2 heterocycles. The van der Waals surface area contributed by atoms with E-state index in [1.54, 1.807) is 0 Å². The summed E-state index contributed by atoms with van der Waals surface area (Å²) < 4.78 is 5.32. The van der Waals surface area contributed by atoms with Gasteiger partial charge in [-0.3, -0.25) is 0 Å². The molecule has 0 spiro atoms. The summed E-state index contributed by atoms with van der Waals surface area (Å²) in [4.78, 5) is 2.41. The van der Waals surface area contributed by atoms with Crippen molar-refractivity contribution in [3.8, 4) is 39.1 Å². The molecule has 0 saturated carbocycles. The molecular weight excluding hydrogens is 804 g/mol. The van der Waals surface area contributed by atoms with E-state index in [-0.39, 0.29) is 0 Å². The Morgan fingerprint density at radius 2 is 0.885 bits per heavy atom. The van der Waals surface area contributed by atoms with E-state index in [1.807, 2.05) is 0 Å². The molecule has 0 atom stereocenters. The molecule has 10 aromatic carbocycles. The van der Waals surface area contributed by atoms with Crippen LogP contribution in [0.4, 0.5) is 17.1 Å². The van der Waals surface area contributed by atoms with Gasteiger partial charge < -0.3 is 4.57 Å². The molecular formula is C58H38N2Se. The Kier molecular flexibility index (Phi) is 8.55. The molecule has 0 amide bonds. The minimum absolute atomic E-state index is 0.323. The second-order valence-electron chi connectivity index (χ2n) is 15.7. The summed E-state index contributed by atoms with van der Waals surface area (Å²) in [6.07, 6.45) is 0. The van der Waals surface area contributed by atoms with Crippen LogP contribution in [0, 0.1) is 0 Å². The number of rotatable bonds is 7. The Bertz CT molecular complexity index is 3580. The maximum atomic E-state index is 2.41. The van der Waals surface area contributed by atoms with Crippen molar-refractivity contribution in [3.05, 3.63) is 231 Å². The van der Waals surface area contributed by atoms with E-state index in [2.05, 4.69) is 240 Å². The molecule has 0 N–H and O–H groups in total. The summed E-state index contributed by atoms with van der Waals surface area (Å²) >= 11 is 0.323. The van der Waals surface area contributed by atoms with Gasteiger partial charge in [0.15, 0.2) is 0 Å². The van der Waals surface area contributed by atoms with Gasteiger partial charge in [-0.1, -0.05) is 78.9 Å². The van der Waals surface area contributed by atoms with Gasteiger partial charge in [-0.25, -0.2) is 0 Å². The number of nitrogens with zero attached hydrogens (tertiary/aromatic N) is 2. The zero-order chi connectivity index (χ0) is 40.3. The smallest absolute Gasteiger partial charge is 0.0547 e. The SMILES string of the molecule is c1ccc(-n2c3ccccc3c3ccc(-c4ccc(N(c5ccc(-c6ccc7c(c6)[se]c6ccccc67)cc5)c5ccccc5-c5ccc6ccccc6c5)cc4)cc32)cc1. The first-order chi connectivity index (χ1) is 30.2. The van der Waals surface area contributed by atoms with Crippen LogP contribution in [0.3, 0.4) is 0 Å². The van der Waals surface area contributed by atoms with E-state index in [9.17, 15) is 0 Å². The van der Waals surface area contributed by atoms with E-state index in [4.69, 9.17) is 0 Å². The number of anilines is 3. The number of hydrogen-bond acceptors (Lipinski definition) is 1. The van der Waals surface area contributed by atoms with Crippen molar-refractivity contribution < 1.29 is 0 Å². The third-order valence-corrected chi connectivity index (χ3v) is 14.6. The van der Waals surface area contributed by atoms with E-state index < -0.39 is 0 Å². The van der Waals surface area contributed by atoms with Gasteiger partial charge in [-0.2, -0.15) is 0 Å². The fraction of sp³-hybridized carbons (Fsp3) is 0. The topological polar surface area (TPSA) is 8.17 Å². The molecule has 0 radical (unpaired) electrons. The zero-order valence-corrected chi connectivity index (χ0v) is 35.0. The standard InChI is InChI=1S/C58H38N2Se/c1-2-14-46(15-3-1)60-55-20-10-7-17-50(55)51-34-28-43(37-56(51)60)40-24-30-47(31-25-40)59(54-19-9-6-16-49(54)45-23-22-39-12-4-5-13-42(39)36-45)48-32-26-41(27-33-48)44-29-35-53-52-18-8-11-21-57(52)61-58(53)38-44/h1-38H. The van der Waals surface area contributed by atoms with Crippen molar-refractivity contribution in [3.63, 3.8) is 0 Å². The van der Waals surface area contributed by atoms with Crippen LogP contribution >= 0.6 is 0 Å². The first-order valence-electron chi connectivity index (χ1n) is 20.8. The van der Waals surface area contributed by atoms with Gasteiger partial charge in [0, 0.05) is 16.5 Å². The second kappa shape index (κ2) is 14.7. The Morgan fingerprint density at radius 1 is 0.328 bits per heavy atom. The quantitative estimate of drug-likeness (QED) is 0.145. The van der Waals surface area contributed by atoms with Gasteiger partial charge in [-0.05, 0) is 40.6 Å². The normalized spacial score (nSPS) is 11.6. The molecule has 0 aliphatic carbocycles. The predicted octanol–water partition coefficient (Wildman–Crippen LogP) is 15.8. The molecule has 0 fully saturated rings. The van der Waals surface area contributed by atoms with Crippen LogP contribution in [0.2, 0.25) is 0 Å². The van der Waals surface area contributed by atoms with Gasteiger partial charge in [-0.15, -0.1) is 0 Å². The zero-order valence-electron chi connectivity index (χ0n) is 33.2. The maximum absolute atomic E-state index is 2.41. The van der Waals surface area contributed by atoms with Gasteiger partial charge in [0.05, 0.1) is 11.0 Å². The van der Waals surface area contributed by atoms with E-state index in [1.165, 1.54) is 85.3 Å². The van der Waals surface area contributed by atoms with Crippen LogP contribution in [-0.4, -0.2) is 19.1 Å². The van der Waals surface area contributed by atoms with Crippen molar-refractivity contribution in [1.82, 2.24) is 4.57 Å². The molecule has 0 saturated heterocycles. The van der Waals surface area contributed by atoms with Crippen molar-refractivity contribution in [2.24, 2.45) is 0 Å². The first kappa shape index (κ1) is 35.5. The molecule has 286 valence electrons. The molecule has 0 unspecified atom stereocenters. The summed E-state index contributed by atoms with van der Waals surface area (Å²) in [6.45, 7) is 0. The van der Waals surface area contributed by atoms with Crippen molar-refractivity contribution in [2.75, 3.05) is 4.90 Å². The Balaban J connectivity index is 0.967. The van der Waals surface area contributed by atoms with Gasteiger partial charge >= 0.3 is 211 Å². The Morgan fingerprint density at radius 3 is 1.67 bits per heavy atom. The number of benzene rings is 10. The van der Waals surface area contributed by atoms with Crippen LogP contribution < -0.4 is 4.90 Å². The monoisotopic (exact) mass is 842 g/mol. The number of fused-ring (bicyclic) bond motifs is 7. The van der Waals surface area contributed by atoms with Crippen molar-refractivity contribution in [2.45, 2.75) is 0 Å². The molecule has 2 nitrogen and oxygen atoms in total. The minimum atomic E-state index is 0.323. The largest absolute Gasteiger partial charge is 0.0602 e. The number of aromatic nitrogens is 1. The van der Waals surface area contributed by atoms with Crippen LogP contribution in [0.5, 0.6) is 0 Å². The second-order valence-corrected chi connectivity index (χ2v) is 18.0. The summed E-state index contributed by atoms with van der Waals surface area (Å²) in [6, 6.07) is 84.6. The van der Waals surface area contributed by atoms with E-state index in [0.29, 0.717) is 14.5 Å². The molecule has 0 aliphatic heterocycles. The van der Waals surface area contributed by atoms with Crippen LogP contribution in [0.25, 0.3) is 90.9 Å². The van der Waals surface area contributed by atoms with Crippen molar-refractivity contribution >= 4 is 83.4 Å².